The summed E-state index contributed by atoms with van der Waals surface area (Å²) >= 11 is 0. The van der Waals surface area contributed by atoms with Gasteiger partial charge < -0.3 is 10.6 Å². The lowest BCUT2D eigenvalue weighted by Crippen LogP contribution is -2.31. The van der Waals surface area contributed by atoms with Crippen molar-refractivity contribution in [3.05, 3.63) is 71.0 Å². The summed E-state index contributed by atoms with van der Waals surface area (Å²) in [6.45, 7) is 2.46. The quantitative estimate of drug-likeness (QED) is 0.830. The van der Waals surface area contributed by atoms with Crippen molar-refractivity contribution in [2.45, 2.75) is 6.42 Å². The fraction of sp³-hybridized carbons (Fsp3) is 0.263. The second kappa shape index (κ2) is 7.36. The summed E-state index contributed by atoms with van der Waals surface area (Å²) in [7, 11) is 0. The Morgan fingerprint density at radius 1 is 1.08 bits per heavy atom. The van der Waals surface area contributed by atoms with Gasteiger partial charge in [0.1, 0.15) is 5.82 Å². The summed E-state index contributed by atoms with van der Waals surface area (Å²) in [4.78, 5) is 25.1. The van der Waals surface area contributed by atoms with E-state index in [0.29, 0.717) is 29.2 Å². The van der Waals surface area contributed by atoms with Crippen LogP contribution in [0.4, 0.5) is 4.39 Å². The zero-order valence-electron chi connectivity index (χ0n) is 13.2. The molecule has 0 aliphatic carbocycles. The van der Waals surface area contributed by atoms with Gasteiger partial charge in [0.25, 0.3) is 5.91 Å². The maximum absolute atomic E-state index is 13.0. The van der Waals surface area contributed by atoms with Crippen molar-refractivity contribution in [2.75, 3.05) is 19.6 Å². The Labute approximate surface area is 140 Å². The minimum absolute atomic E-state index is 0.257. The molecule has 5 heteroatoms. The Morgan fingerprint density at radius 2 is 1.79 bits per heavy atom. The van der Waals surface area contributed by atoms with Gasteiger partial charge in [0, 0.05) is 17.7 Å². The lowest BCUT2D eigenvalue weighted by atomic mass is 9.97. The van der Waals surface area contributed by atoms with E-state index < -0.39 is 5.82 Å². The molecule has 2 aromatic carbocycles. The van der Waals surface area contributed by atoms with Crippen LogP contribution in [0.5, 0.6) is 0 Å². The van der Waals surface area contributed by atoms with Gasteiger partial charge in [0.2, 0.25) is 0 Å². The molecule has 2 N–H and O–H groups in total. The second-order valence-corrected chi connectivity index (χ2v) is 5.95. The molecule has 2 aromatic rings. The maximum atomic E-state index is 13.0. The molecular formula is C19H19FN2O2. The zero-order chi connectivity index (χ0) is 16.9. The Bertz CT molecular complexity index is 737. The fourth-order valence-electron chi connectivity index (χ4n) is 2.86. The summed E-state index contributed by atoms with van der Waals surface area (Å²) in [5, 5.41) is 6.16. The van der Waals surface area contributed by atoms with E-state index in [0.717, 1.165) is 19.5 Å². The average molecular weight is 326 g/mol. The first-order chi connectivity index (χ1) is 11.6. The van der Waals surface area contributed by atoms with Crippen LogP contribution < -0.4 is 10.6 Å². The van der Waals surface area contributed by atoms with Gasteiger partial charge in [-0.15, -0.1) is 0 Å². The van der Waals surface area contributed by atoms with Crippen LogP contribution in [-0.4, -0.2) is 31.3 Å². The van der Waals surface area contributed by atoms with Gasteiger partial charge in [0.05, 0.1) is 5.56 Å². The Morgan fingerprint density at radius 3 is 2.46 bits per heavy atom. The van der Waals surface area contributed by atoms with Crippen molar-refractivity contribution < 1.29 is 14.0 Å². The first-order valence-electron chi connectivity index (χ1n) is 8.03. The predicted molar refractivity (Wildman–Crippen MR) is 89.6 cm³/mol. The smallest absolute Gasteiger partial charge is 0.252 e. The minimum Gasteiger partial charge on any atom is -0.352 e. The Kier molecular flexibility index (Phi) is 5.01. The zero-order valence-corrected chi connectivity index (χ0v) is 13.2. The van der Waals surface area contributed by atoms with Gasteiger partial charge in [-0.1, -0.05) is 18.2 Å². The van der Waals surface area contributed by atoms with Crippen molar-refractivity contribution in [3.63, 3.8) is 0 Å². The van der Waals surface area contributed by atoms with E-state index in [1.165, 1.54) is 24.3 Å². The number of benzene rings is 2. The van der Waals surface area contributed by atoms with Crippen molar-refractivity contribution in [1.29, 1.82) is 0 Å². The molecule has 124 valence electrons. The van der Waals surface area contributed by atoms with Crippen LogP contribution in [0, 0.1) is 11.7 Å². The molecule has 1 saturated heterocycles. The molecule has 0 radical (unpaired) electrons. The lowest BCUT2D eigenvalue weighted by Gasteiger charge is -2.12. The molecule has 1 atom stereocenters. The third kappa shape index (κ3) is 3.68. The molecule has 1 aliphatic heterocycles. The Balaban J connectivity index is 1.77. The number of hydrogen-bond donors (Lipinski definition) is 2. The topological polar surface area (TPSA) is 58.2 Å². The number of hydrogen-bond acceptors (Lipinski definition) is 3. The van der Waals surface area contributed by atoms with Crippen LogP contribution in [0.25, 0.3) is 0 Å². The van der Waals surface area contributed by atoms with E-state index in [1.54, 1.807) is 24.3 Å². The highest BCUT2D eigenvalue weighted by Gasteiger charge is 2.20. The van der Waals surface area contributed by atoms with E-state index in [4.69, 9.17) is 0 Å². The first-order valence-corrected chi connectivity index (χ1v) is 8.03. The molecule has 0 saturated carbocycles. The summed E-state index contributed by atoms with van der Waals surface area (Å²) in [6, 6.07) is 12.0. The number of ketones is 1. The largest absolute Gasteiger partial charge is 0.352 e. The number of carbonyl (C=O) groups is 2. The monoisotopic (exact) mass is 326 g/mol. The van der Waals surface area contributed by atoms with Gasteiger partial charge in [-0.3, -0.25) is 9.59 Å². The van der Waals surface area contributed by atoms with Gasteiger partial charge in [-0.2, -0.15) is 0 Å². The third-order valence-electron chi connectivity index (χ3n) is 4.24. The molecule has 0 bridgehead atoms. The number of halogens is 1. The van der Waals surface area contributed by atoms with Crippen LogP contribution in [0.1, 0.15) is 32.7 Å². The molecule has 4 nitrogen and oxygen atoms in total. The average Bonchev–Trinajstić information content (AvgIpc) is 3.13. The van der Waals surface area contributed by atoms with Gasteiger partial charge in [0.15, 0.2) is 5.78 Å². The molecule has 0 aromatic heterocycles. The number of amides is 1. The van der Waals surface area contributed by atoms with Crippen molar-refractivity contribution >= 4 is 11.7 Å². The van der Waals surface area contributed by atoms with E-state index in [2.05, 4.69) is 10.6 Å². The van der Waals surface area contributed by atoms with E-state index >= 15 is 0 Å². The van der Waals surface area contributed by atoms with E-state index in [1.807, 2.05) is 0 Å². The summed E-state index contributed by atoms with van der Waals surface area (Å²) in [5.74, 6) is -0.520. The van der Waals surface area contributed by atoms with Crippen LogP contribution in [0.2, 0.25) is 0 Å². The maximum Gasteiger partial charge on any atom is 0.252 e. The summed E-state index contributed by atoms with van der Waals surface area (Å²) < 4.78 is 13.0. The van der Waals surface area contributed by atoms with Crippen LogP contribution in [0.15, 0.2) is 48.5 Å². The van der Waals surface area contributed by atoms with E-state index in [9.17, 15) is 14.0 Å². The van der Waals surface area contributed by atoms with Gasteiger partial charge >= 0.3 is 0 Å². The highest BCUT2D eigenvalue weighted by Crippen LogP contribution is 2.16. The number of rotatable bonds is 5. The summed E-state index contributed by atoms with van der Waals surface area (Å²) in [5.41, 5.74) is 1.03. The SMILES string of the molecule is O=C(NC[C@@H]1CCNC1)c1ccccc1C(=O)c1ccc(F)cc1. The molecule has 1 fully saturated rings. The van der Waals surface area contributed by atoms with Crippen molar-refractivity contribution in [3.8, 4) is 0 Å². The highest BCUT2D eigenvalue weighted by molar-refractivity contribution is 6.15. The molecule has 1 amide bonds. The van der Waals surface area contributed by atoms with E-state index in [-0.39, 0.29) is 11.7 Å². The Hall–Kier alpha value is -2.53. The molecule has 24 heavy (non-hydrogen) atoms. The highest BCUT2D eigenvalue weighted by atomic mass is 19.1. The summed E-state index contributed by atoms with van der Waals surface area (Å²) in [6.07, 6.45) is 1.04. The normalized spacial score (nSPS) is 16.8. The number of carbonyl (C=O) groups excluding carboxylic acids is 2. The molecule has 0 spiro atoms. The molecule has 3 rings (SSSR count). The predicted octanol–water partition coefficient (Wildman–Crippen LogP) is 2.40. The molecule has 1 aliphatic rings. The van der Waals surface area contributed by atoms with Gasteiger partial charge in [-0.25, -0.2) is 4.39 Å². The third-order valence-corrected chi connectivity index (χ3v) is 4.24. The number of nitrogens with one attached hydrogen (secondary N) is 2. The lowest BCUT2D eigenvalue weighted by molar-refractivity contribution is 0.0937. The molecular weight excluding hydrogens is 307 g/mol. The second-order valence-electron chi connectivity index (χ2n) is 5.95. The standard InChI is InChI=1S/C19H19FN2O2/c20-15-7-5-14(6-8-15)18(23)16-3-1-2-4-17(16)19(24)22-12-13-9-10-21-11-13/h1-8,13,21H,9-12H2,(H,22,24)/t13-/m1/s1. The minimum atomic E-state index is -0.400. The van der Waals surface area contributed by atoms with Crippen molar-refractivity contribution in [2.24, 2.45) is 5.92 Å². The molecule has 1 heterocycles. The van der Waals surface area contributed by atoms with Crippen LogP contribution in [-0.2, 0) is 0 Å². The van der Waals surface area contributed by atoms with Crippen LogP contribution >= 0.6 is 0 Å². The fourth-order valence-corrected chi connectivity index (χ4v) is 2.86. The van der Waals surface area contributed by atoms with Crippen LogP contribution in [0.3, 0.4) is 0 Å². The van der Waals surface area contributed by atoms with Gasteiger partial charge in [-0.05, 0) is 55.8 Å². The molecule has 0 unspecified atom stereocenters. The van der Waals surface area contributed by atoms with Crippen molar-refractivity contribution in [1.82, 2.24) is 10.6 Å². The first kappa shape index (κ1) is 16.3.